The first kappa shape index (κ1) is 14.8. The van der Waals surface area contributed by atoms with Crippen LogP contribution >= 0.6 is 0 Å². The van der Waals surface area contributed by atoms with E-state index in [4.69, 9.17) is 0 Å². The molecule has 0 amide bonds. The number of hydrogen-bond donors (Lipinski definition) is 2. The molecule has 6 nitrogen and oxygen atoms in total. The molecule has 0 saturated carbocycles. The Morgan fingerprint density at radius 3 is 2.57 bits per heavy atom. The smallest absolute Gasteiger partial charge is 0.310 e. The second kappa shape index (κ2) is 6.21. The van der Waals surface area contributed by atoms with Crippen molar-refractivity contribution in [1.82, 2.24) is 9.97 Å². The van der Waals surface area contributed by atoms with Gasteiger partial charge in [-0.3, -0.25) is 9.59 Å². The minimum atomic E-state index is -0.608. The molecular weight excluding hydrogens is 273 g/mol. The SMILES string of the molecule is COC(=O)Cc1c(O)n[13c](Cc2ccc(C)cc2)[nH]c1=O. The molecule has 1 aromatic carbocycles. The monoisotopic (exact) mass is 289 g/mol. The van der Waals surface area contributed by atoms with E-state index < -0.39 is 17.4 Å². The van der Waals surface area contributed by atoms with Crippen LogP contribution in [0.5, 0.6) is 5.88 Å². The van der Waals surface area contributed by atoms with Gasteiger partial charge < -0.3 is 14.8 Å². The number of nitrogens with zero attached hydrogens (tertiary/aromatic N) is 1. The number of aryl methyl sites for hydroxylation is 1. The topological polar surface area (TPSA) is 92.3 Å². The van der Waals surface area contributed by atoms with Crippen LogP contribution in [-0.2, 0) is 22.4 Å². The quantitative estimate of drug-likeness (QED) is 0.822. The summed E-state index contributed by atoms with van der Waals surface area (Å²) in [5, 5.41) is 9.80. The lowest BCUT2D eigenvalue weighted by Gasteiger charge is -2.06. The van der Waals surface area contributed by atoms with Crippen molar-refractivity contribution in [3.05, 3.63) is 57.1 Å². The van der Waals surface area contributed by atoms with E-state index in [-0.39, 0.29) is 12.0 Å². The molecule has 21 heavy (non-hydrogen) atoms. The first-order chi connectivity index (χ1) is 9.99. The largest absolute Gasteiger partial charge is 0.493 e. The van der Waals surface area contributed by atoms with Gasteiger partial charge in [0.25, 0.3) is 5.56 Å². The maximum Gasteiger partial charge on any atom is 0.310 e. The number of carbonyl (C=O) groups is 1. The number of esters is 1. The molecule has 0 aliphatic heterocycles. The molecule has 0 aliphatic rings. The molecule has 0 bridgehead atoms. The van der Waals surface area contributed by atoms with Gasteiger partial charge in [0.05, 0.1) is 19.1 Å². The minimum Gasteiger partial charge on any atom is -0.493 e. The van der Waals surface area contributed by atoms with Gasteiger partial charge in [-0.2, -0.15) is 4.98 Å². The zero-order valence-corrected chi connectivity index (χ0v) is 11.8. The lowest BCUT2D eigenvalue weighted by Crippen LogP contribution is -2.20. The van der Waals surface area contributed by atoms with Crippen LogP contribution < -0.4 is 5.56 Å². The van der Waals surface area contributed by atoms with Gasteiger partial charge in [-0.15, -0.1) is 0 Å². The van der Waals surface area contributed by atoms with Crippen LogP contribution in [0, 0.1) is 6.92 Å². The number of aromatic amines is 1. The molecular formula is C15H16N2O4. The molecule has 110 valence electrons. The number of aromatic hydroxyl groups is 1. The van der Waals surface area contributed by atoms with E-state index in [2.05, 4.69) is 14.7 Å². The molecule has 6 heteroatoms. The van der Waals surface area contributed by atoms with E-state index in [9.17, 15) is 14.7 Å². The highest BCUT2D eigenvalue weighted by molar-refractivity contribution is 5.72. The summed E-state index contributed by atoms with van der Waals surface area (Å²) in [7, 11) is 1.22. The molecule has 1 heterocycles. The number of aromatic nitrogens is 2. The lowest BCUT2D eigenvalue weighted by molar-refractivity contribution is -0.139. The Balaban J connectivity index is 2.25. The summed E-state index contributed by atoms with van der Waals surface area (Å²) in [5.41, 5.74) is 1.48. The average molecular weight is 289 g/mol. The van der Waals surface area contributed by atoms with Crippen molar-refractivity contribution < 1.29 is 14.6 Å². The van der Waals surface area contributed by atoms with E-state index >= 15 is 0 Å². The Morgan fingerprint density at radius 2 is 2.00 bits per heavy atom. The molecule has 2 N–H and O–H groups in total. The van der Waals surface area contributed by atoms with Crippen LogP contribution in [0.1, 0.15) is 22.5 Å². The van der Waals surface area contributed by atoms with E-state index in [0.717, 1.165) is 11.1 Å². The summed E-state index contributed by atoms with van der Waals surface area (Å²) in [6.07, 6.45) is 0.0804. The van der Waals surface area contributed by atoms with Gasteiger partial charge in [0, 0.05) is 6.42 Å². The van der Waals surface area contributed by atoms with Crippen molar-refractivity contribution >= 4 is 5.97 Å². The minimum absolute atomic E-state index is 0.0884. The van der Waals surface area contributed by atoms with Crippen LogP contribution in [0.15, 0.2) is 29.1 Å². The van der Waals surface area contributed by atoms with Crippen LogP contribution in [-0.4, -0.2) is 28.2 Å². The van der Waals surface area contributed by atoms with Crippen molar-refractivity contribution in [1.29, 1.82) is 0 Å². The molecule has 0 aliphatic carbocycles. The molecule has 2 aromatic rings. The number of nitrogens with one attached hydrogen (secondary N) is 1. The summed E-state index contributed by atoms with van der Waals surface area (Å²) < 4.78 is 4.47. The Hall–Kier alpha value is -2.63. The highest BCUT2D eigenvalue weighted by Crippen LogP contribution is 2.12. The third kappa shape index (κ3) is 3.68. The zero-order valence-electron chi connectivity index (χ0n) is 11.8. The van der Waals surface area contributed by atoms with Crippen LogP contribution in [0.4, 0.5) is 0 Å². The highest BCUT2D eigenvalue weighted by atomic mass is 16.5. The Morgan fingerprint density at radius 1 is 1.33 bits per heavy atom. The van der Waals surface area contributed by atoms with Crippen LogP contribution in [0.25, 0.3) is 0 Å². The number of rotatable bonds is 4. The van der Waals surface area contributed by atoms with Crippen molar-refractivity contribution in [3.63, 3.8) is 0 Å². The van der Waals surface area contributed by atoms with Crippen molar-refractivity contribution in [3.8, 4) is 5.88 Å². The Kier molecular flexibility index (Phi) is 4.37. The number of methoxy groups -OCH3 is 1. The Labute approximate surface area is 121 Å². The second-order valence-electron chi connectivity index (χ2n) is 4.73. The average Bonchev–Trinajstić information content (AvgIpc) is 2.45. The van der Waals surface area contributed by atoms with Crippen molar-refractivity contribution in [2.24, 2.45) is 0 Å². The van der Waals surface area contributed by atoms with E-state index in [0.29, 0.717) is 12.2 Å². The highest BCUT2D eigenvalue weighted by Gasteiger charge is 2.15. The van der Waals surface area contributed by atoms with Crippen LogP contribution in [0.2, 0.25) is 0 Å². The van der Waals surface area contributed by atoms with Gasteiger partial charge in [-0.05, 0) is 12.5 Å². The number of hydrogen-bond acceptors (Lipinski definition) is 5. The second-order valence-corrected chi connectivity index (χ2v) is 4.73. The predicted molar refractivity (Wildman–Crippen MR) is 76.2 cm³/mol. The first-order valence-electron chi connectivity index (χ1n) is 6.43. The lowest BCUT2D eigenvalue weighted by atomic mass is 10.1. The fourth-order valence-electron chi connectivity index (χ4n) is 1.89. The molecule has 2 rings (SSSR count). The Bertz CT molecular complexity index is 705. The van der Waals surface area contributed by atoms with E-state index in [1.807, 2.05) is 31.2 Å². The summed E-state index contributed by atoms with van der Waals surface area (Å²) in [4.78, 5) is 29.6. The molecule has 0 unspecified atom stereocenters. The van der Waals surface area contributed by atoms with Crippen LogP contribution in [0.3, 0.4) is 0 Å². The van der Waals surface area contributed by atoms with E-state index in [1.165, 1.54) is 7.11 Å². The first-order valence-corrected chi connectivity index (χ1v) is 6.43. The number of H-pyrrole nitrogens is 1. The number of carbonyl (C=O) groups excluding carboxylic acids is 1. The fourth-order valence-corrected chi connectivity index (χ4v) is 1.89. The molecule has 1 aromatic heterocycles. The predicted octanol–water partition coefficient (Wildman–Crippen LogP) is 1.09. The normalized spacial score (nSPS) is 10.4. The van der Waals surface area contributed by atoms with Gasteiger partial charge in [0.15, 0.2) is 0 Å². The molecule has 0 spiro atoms. The molecule has 0 fully saturated rings. The van der Waals surface area contributed by atoms with Crippen molar-refractivity contribution in [2.75, 3.05) is 7.11 Å². The van der Waals surface area contributed by atoms with Gasteiger partial charge in [-0.1, -0.05) is 29.8 Å². The van der Waals surface area contributed by atoms with Gasteiger partial charge in [-0.25, -0.2) is 0 Å². The van der Waals surface area contributed by atoms with Crippen molar-refractivity contribution in [2.45, 2.75) is 19.8 Å². The maximum atomic E-state index is 11.9. The summed E-state index contributed by atoms with van der Waals surface area (Å²) in [6, 6.07) is 7.77. The standard InChI is InChI=1S/C15H16N2O4/c1-9-3-5-10(6-4-9)7-12-16-14(19)11(15(20)17-12)8-13(18)21-2/h3-6H,7-8H2,1-2H3,(H2,16,17,19,20)/i12+1. The maximum absolute atomic E-state index is 11.9. The molecule has 0 saturated heterocycles. The number of ether oxygens (including phenoxy) is 1. The summed E-state index contributed by atoms with van der Waals surface area (Å²) in [6.45, 7) is 1.98. The summed E-state index contributed by atoms with van der Waals surface area (Å²) >= 11 is 0. The van der Waals surface area contributed by atoms with E-state index in [1.54, 1.807) is 0 Å². The third-order valence-electron chi connectivity index (χ3n) is 3.08. The zero-order chi connectivity index (χ0) is 15.4. The van der Waals surface area contributed by atoms with Gasteiger partial charge >= 0.3 is 5.97 Å². The molecule has 0 radical (unpaired) electrons. The molecule has 0 atom stereocenters. The summed E-state index contributed by atoms with van der Waals surface area (Å²) in [5.74, 6) is -0.704. The van der Waals surface area contributed by atoms with Gasteiger partial charge in [0.1, 0.15) is 5.82 Å². The van der Waals surface area contributed by atoms with Gasteiger partial charge in [0.2, 0.25) is 5.88 Å². The third-order valence-corrected chi connectivity index (χ3v) is 3.08. The number of benzene rings is 1. The fraction of sp³-hybridized carbons (Fsp3) is 0.267.